The fourth-order valence-electron chi connectivity index (χ4n) is 4.88. The Labute approximate surface area is 213 Å². The minimum absolute atomic E-state index is 0.0880. The summed E-state index contributed by atoms with van der Waals surface area (Å²) in [5.74, 6) is -0.0787. The van der Waals surface area contributed by atoms with Gasteiger partial charge in [-0.15, -0.1) is 0 Å². The molecule has 6 rings (SSSR count). The van der Waals surface area contributed by atoms with E-state index < -0.39 is 22.4 Å². The summed E-state index contributed by atoms with van der Waals surface area (Å²) < 4.78 is 13.1. The molecule has 0 saturated carbocycles. The zero-order valence-electron chi connectivity index (χ0n) is 19.3. The van der Waals surface area contributed by atoms with Crippen molar-refractivity contribution in [1.82, 2.24) is 9.47 Å². The maximum atomic E-state index is 13.1. The second-order valence-corrected chi connectivity index (χ2v) is 9.74. The lowest BCUT2D eigenvalue weighted by atomic mass is 10.1. The number of hydrogen-bond donors (Lipinski definition) is 1. The molecule has 37 heavy (non-hydrogen) atoms. The average molecular weight is 525 g/mol. The summed E-state index contributed by atoms with van der Waals surface area (Å²) in [4.78, 5) is 52.6. The van der Waals surface area contributed by atoms with Gasteiger partial charge < -0.3 is 28.9 Å². The van der Waals surface area contributed by atoms with Crippen LogP contribution in [0.15, 0.2) is 46.2 Å². The van der Waals surface area contributed by atoms with Crippen molar-refractivity contribution in [2.24, 2.45) is 0 Å². The number of nitro groups is 1. The van der Waals surface area contributed by atoms with Crippen molar-refractivity contribution in [3.8, 4) is 11.5 Å². The van der Waals surface area contributed by atoms with E-state index in [1.807, 2.05) is 6.07 Å². The van der Waals surface area contributed by atoms with Gasteiger partial charge in [-0.2, -0.15) is 0 Å². The molecule has 2 aromatic carbocycles. The lowest BCUT2D eigenvalue weighted by molar-refractivity contribution is -0.384. The van der Waals surface area contributed by atoms with E-state index in [-0.39, 0.29) is 61.0 Å². The third-order valence-electron chi connectivity index (χ3n) is 6.77. The highest BCUT2D eigenvalue weighted by molar-refractivity contribution is 7.99. The highest BCUT2D eigenvalue weighted by Crippen LogP contribution is 2.40. The summed E-state index contributed by atoms with van der Waals surface area (Å²) in [5.41, 5.74) is -0.614. The first-order chi connectivity index (χ1) is 17.8. The molecule has 3 aromatic rings. The van der Waals surface area contributed by atoms with E-state index in [2.05, 4.69) is 0 Å². The zero-order chi connectivity index (χ0) is 25.8. The van der Waals surface area contributed by atoms with Crippen LogP contribution in [0.5, 0.6) is 11.5 Å². The van der Waals surface area contributed by atoms with Crippen molar-refractivity contribution in [3.05, 3.63) is 62.3 Å². The van der Waals surface area contributed by atoms with Crippen molar-refractivity contribution in [2.45, 2.75) is 17.0 Å². The molecule has 1 N–H and O–H groups in total. The monoisotopic (exact) mass is 524 g/mol. The molecule has 1 amide bonds. The number of piperazine rings is 1. The van der Waals surface area contributed by atoms with Crippen LogP contribution in [-0.4, -0.2) is 70.3 Å². The molecule has 1 saturated heterocycles. The maximum absolute atomic E-state index is 13.1. The zero-order valence-corrected chi connectivity index (χ0v) is 20.1. The van der Waals surface area contributed by atoms with E-state index >= 15 is 0 Å². The number of ether oxygens (including phenoxy) is 2. The topological polar surface area (TPSA) is 144 Å². The largest absolute Gasteiger partial charge is 0.485 e. The minimum atomic E-state index is -1.33. The number of aromatic carboxylic acids is 1. The lowest BCUT2D eigenvalue weighted by Crippen LogP contribution is -2.54. The second-order valence-electron chi connectivity index (χ2n) is 8.81. The SMILES string of the molecule is O=C(O)c1c2n(c3cc([N+](=O)[O-])c(N4CCN(C(=O)C5COc6ccccc6O5)CC4)cc3c1=O)CS2. The Morgan fingerprint density at radius 3 is 2.49 bits per heavy atom. The van der Waals surface area contributed by atoms with Gasteiger partial charge in [-0.1, -0.05) is 23.9 Å². The first kappa shape index (κ1) is 23.2. The van der Waals surface area contributed by atoms with Crippen LogP contribution >= 0.6 is 11.8 Å². The predicted octanol–water partition coefficient (Wildman–Crippen LogP) is 2.16. The van der Waals surface area contributed by atoms with Gasteiger partial charge in [0.1, 0.15) is 17.9 Å². The Hall–Kier alpha value is -4.26. The smallest absolute Gasteiger partial charge is 0.342 e. The Kier molecular flexibility index (Phi) is 5.44. The van der Waals surface area contributed by atoms with E-state index in [9.17, 15) is 29.6 Å². The van der Waals surface area contributed by atoms with Gasteiger partial charge in [-0.25, -0.2) is 4.79 Å². The van der Waals surface area contributed by atoms with E-state index in [4.69, 9.17) is 9.47 Å². The number of fused-ring (bicyclic) bond motifs is 4. The van der Waals surface area contributed by atoms with E-state index in [1.54, 1.807) is 32.6 Å². The molecular formula is C24H20N4O8S. The molecule has 1 aromatic heterocycles. The average Bonchev–Trinajstić information content (AvgIpc) is 2.89. The van der Waals surface area contributed by atoms with Crippen LogP contribution in [-0.2, 0) is 10.7 Å². The van der Waals surface area contributed by atoms with Gasteiger partial charge in [0.2, 0.25) is 11.5 Å². The first-order valence-corrected chi connectivity index (χ1v) is 12.5. The first-order valence-electron chi connectivity index (χ1n) is 11.5. The van der Waals surface area contributed by atoms with Crippen molar-refractivity contribution in [1.29, 1.82) is 0 Å². The Bertz CT molecular complexity index is 1550. The molecule has 1 atom stereocenters. The van der Waals surface area contributed by atoms with Crippen LogP contribution in [0, 0.1) is 10.1 Å². The van der Waals surface area contributed by atoms with E-state index in [1.165, 1.54) is 23.9 Å². The van der Waals surface area contributed by atoms with Gasteiger partial charge in [0.25, 0.3) is 11.6 Å². The Morgan fingerprint density at radius 1 is 1.11 bits per heavy atom. The third kappa shape index (κ3) is 3.73. The van der Waals surface area contributed by atoms with Gasteiger partial charge >= 0.3 is 5.97 Å². The molecule has 1 unspecified atom stereocenters. The van der Waals surface area contributed by atoms with Crippen LogP contribution in [0.25, 0.3) is 10.9 Å². The molecule has 4 heterocycles. The predicted molar refractivity (Wildman–Crippen MR) is 133 cm³/mol. The number of thioether (sulfide) groups is 1. The highest BCUT2D eigenvalue weighted by atomic mass is 32.2. The molecule has 0 bridgehead atoms. The van der Waals surface area contributed by atoms with E-state index in [0.29, 0.717) is 27.9 Å². The molecule has 1 fully saturated rings. The number of hydrogen-bond acceptors (Lipinski definition) is 9. The molecule has 13 heteroatoms. The summed E-state index contributed by atoms with van der Waals surface area (Å²) in [6.07, 6.45) is -0.790. The maximum Gasteiger partial charge on any atom is 0.342 e. The van der Waals surface area contributed by atoms with Gasteiger partial charge in [-0.05, 0) is 18.2 Å². The van der Waals surface area contributed by atoms with Crippen molar-refractivity contribution < 1.29 is 29.1 Å². The van der Waals surface area contributed by atoms with Crippen molar-refractivity contribution in [2.75, 3.05) is 37.7 Å². The molecule has 0 radical (unpaired) electrons. The molecule has 3 aliphatic rings. The number of benzene rings is 2. The summed E-state index contributed by atoms with van der Waals surface area (Å²) in [7, 11) is 0. The number of pyridine rings is 1. The summed E-state index contributed by atoms with van der Waals surface area (Å²) in [6.45, 7) is 1.24. The molecule has 3 aliphatic heterocycles. The molecule has 0 aliphatic carbocycles. The normalized spacial score (nSPS) is 18.2. The number of carbonyl (C=O) groups excluding carboxylic acids is 1. The lowest BCUT2D eigenvalue weighted by Gasteiger charge is -2.38. The Morgan fingerprint density at radius 2 is 1.84 bits per heavy atom. The number of nitrogens with zero attached hydrogens (tertiary/aromatic N) is 4. The number of carbonyl (C=O) groups is 2. The van der Waals surface area contributed by atoms with Crippen LogP contribution in [0.2, 0.25) is 0 Å². The number of rotatable bonds is 4. The third-order valence-corrected chi connectivity index (χ3v) is 7.86. The van der Waals surface area contributed by atoms with Gasteiger partial charge in [0, 0.05) is 37.6 Å². The number of carboxylic acids is 1. The summed E-state index contributed by atoms with van der Waals surface area (Å²) >= 11 is 1.22. The fraction of sp³-hybridized carbons (Fsp3) is 0.292. The number of nitro benzene ring substituents is 1. The molecular weight excluding hydrogens is 504 g/mol. The number of amides is 1. The van der Waals surface area contributed by atoms with Gasteiger partial charge in [0.15, 0.2) is 11.5 Å². The number of aromatic nitrogens is 1. The van der Waals surface area contributed by atoms with Crippen molar-refractivity contribution in [3.63, 3.8) is 0 Å². The van der Waals surface area contributed by atoms with Crippen LogP contribution in [0.1, 0.15) is 10.4 Å². The number of carboxylic acid groups (broad SMARTS) is 1. The molecule has 12 nitrogen and oxygen atoms in total. The number of anilines is 1. The van der Waals surface area contributed by atoms with Crippen LogP contribution < -0.4 is 19.8 Å². The fourth-order valence-corrected chi connectivity index (χ4v) is 5.83. The summed E-state index contributed by atoms with van der Waals surface area (Å²) in [6, 6.07) is 9.85. The quantitative estimate of drug-likeness (QED) is 0.398. The molecule has 190 valence electrons. The van der Waals surface area contributed by atoms with Crippen molar-refractivity contribution >= 4 is 45.9 Å². The highest BCUT2D eigenvalue weighted by Gasteiger charge is 2.35. The Balaban J connectivity index is 1.26. The van der Waals surface area contributed by atoms with E-state index in [0.717, 1.165) is 0 Å². The minimum Gasteiger partial charge on any atom is -0.485 e. The van der Waals surface area contributed by atoms with Crippen LogP contribution in [0.3, 0.4) is 0 Å². The number of para-hydroxylation sites is 2. The summed E-state index contributed by atoms with van der Waals surface area (Å²) in [5, 5.41) is 21.9. The van der Waals surface area contributed by atoms with Gasteiger partial charge in [0.05, 0.1) is 21.3 Å². The standard InChI is InChI=1S/C24H20N4O8S/c29-21-13-9-15(16(28(33)34)10-14(13)27-12-37-23(27)20(21)24(31)32)25-5-7-26(8-6-25)22(30)19-11-35-17-3-1-2-4-18(17)36-19/h1-4,9-10,19H,5-8,11-12H2,(H,31,32). The van der Waals surface area contributed by atoms with Gasteiger partial charge in [-0.3, -0.25) is 19.7 Å². The molecule has 0 spiro atoms. The second kappa shape index (κ2) is 8.69. The van der Waals surface area contributed by atoms with Crippen LogP contribution in [0.4, 0.5) is 11.4 Å².